The van der Waals surface area contributed by atoms with Crippen molar-refractivity contribution in [3.63, 3.8) is 0 Å². The van der Waals surface area contributed by atoms with Crippen molar-refractivity contribution >= 4 is 18.0 Å². The lowest BCUT2D eigenvalue weighted by atomic mass is 9.96. The Morgan fingerprint density at radius 1 is 1.06 bits per heavy atom. The first-order valence-electron chi connectivity index (χ1n) is 12.0. The number of carboxylic acids is 1. The summed E-state index contributed by atoms with van der Waals surface area (Å²) in [6.07, 6.45) is 1.03. The fourth-order valence-corrected chi connectivity index (χ4v) is 5.07. The van der Waals surface area contributed by atoms with Crippen molar-refractivity contribution < 1.29 is 24.2 Å². The molecule has 0 spiro atoms. The summed E-state index contributed by atoms with van der Waals surface area (Å²) in [5.41, 5.74) is 4.55. The normalized spacial score (nSPS) is 18.2. The topological polar surface area (TPSA) is 95.9 Å². The number of piperidine rings is 1. The average Bonchev–Trinajstić information content (AvgIpc) is 3.15. The monoisotopic (exact) mass is 464 g/mol. The van der Waals surface area contributed by atoms with E-state index < -0.39 is 24.0 Å². The van der Waals surface area contributed by atoms with Crippen LogP contribution < -0.4 is 5.32 Å². The second-order valence-corrected chi connectivity index (χ2v) is 9.61. The van der Waals surface area contributed by atoms with Crippen LogP contribution in [-0.4, -0.2) is 53.7 Å². The van der Waals surface area contributed by atoms with Crippen molar-refractivity contribution in [3.05, 3.63) is 59.7 Å². The molecule has 2 aliphatic rings. The first kappa shape index (κ1) is 23.8. The van der Waals surface area contributed by atoms with Gasteiger partial charge in [-0.1, -0.05) is 62.4 Å². The molecule has 34 heavy (non-hydrogen) atoms. The van der Waals surface area contributed by atoms with Gasteiger partial charge in [0, 0.05) is 19.0 Å². The number of alkyl carbamates (subject to hydrolysis) is 1. The Bertz CT molecular complexity index is 1020. The van der Waals surface area contributed by atoms with Crippen molar-refractivity contribution in [1.29, 1.82) is 0 Å². The van der Waals surface area contributed by atoms with Gasteiger partial charge in [0.15, 0.2) is 0 Å². The van der Waals surface area contributed by atoms with Gasteiger partial charge in [-0.05, 0) is 47.4 Å². The summed E-state index contributed by atoms with van der Waals surface area (Å²) in [7, 11) is 0. The Hall–Kier alpha value is -3.35. The number of rotatable bonds is 7. The molecule has 1 heterocycles. The van der Waals surface area contributed by atoms with Gasteiger partial charge < -0.3 is 20.1 Å². The maximum absolute atomic E-state index is 13.2. The van der Waals surface area contributed by atoms with E-state index in [1.54, 1.807) is 4.90 Å². The highest BCUT2D eigenvalue weighted by molar-refractivity contribution is 5.86. The van der Waals surface area contributed by atoms with Crippen LogP contribution in [0.4, 0.5) is 4.79 Å². The molecule has 2 atom stereocenters. The molecular formula is C27H32N2O5. The molecule has 4 rings (SSSR count). The zero-order valence-corrected chi connectivity index (χ0v) is 19.7. The van der Waals surface area contributed by atoms with Crippen LogP contribution in [-0.2, 0) is 14.3 Å². The lowest BCUT2D eigenvalue weighted by Crippen LogP contribution is -2.52. The quantitative estimate of drug-likeness (QED) is 0.638. The molecule has 2 N–H and O–H groups in total. The minimum Gasteiger partial charge on any atom is -0.481 e. The van der Waals surface area contributed by atoms with Crippen molar-refractivity contribution in [2.75, 3.05) is 19.7 Å². The third-order valence-electron chi connectivity index (χ3n) is 6.72. The molecule has 0 bridgehead atoms. The van der Waals surface area contributed by atoms with Gasteiger partial charge in [0.2, 0.25) is 5.91 Å². The smallest absolute Gasteiger partial charge is 0.407 e. The summed E-state index contributed by atoms with van der Waals surface area (Å²) in [5, 5.41) is 12.1. The van der Waals surface area contributed by atoms with E-state index in [0.717, 1.165) is 22.3 Å². The number of aliphatic carboxylic acids is 1. The number of fused-ring (bicyclic) bond motifs is 3. The second-order valence-electron chi connectivity index (χ2n) is 9.61. The molecule has 2 aromatic rings. The number of amides is 2. The summed E-state index contributed by atoms with van der Waals surface area (Å²) in [6.45, 7) is 4.82. The van der Waals surface area contributed by atoms with Crippen LogP contribution in [0.5, 0.6) is 0 Å². The summed E-state index contributed by atoms with van der Waals surface area (Å²) in [4.78, 5) is 38.9. The van der Waals surface area contributed by atoms with Gasteiger partial charge in [-0.3, -0.25) is 9.59 Å². The van der Waals surface area contributed by atoms with E-state index in [0.29, 0.717) is 25.8 Å². The lowest BCUT2D eigenvalue weighted by molar-refractivity contribution is -0.146. The van der Waals surface area contributed by atoms with Crippen molar-refractivity contribution in [3.8, 4) is 11.1 Å². The predicted octanol–water partition coefficient (Wildman–Crippen LogP) is 4.26. The standard InChI is InChI=1S/C27H32N2O5/c1-17(2)14-24(25(30)29-13-7-8-18(15-29)26(31)32)28-27(33)34-16-23-21-11-5-3-9-19(21)20-10-4-6-12-22(20)23/h3-6,9-12,17-18,23-24H,7-8,13-16H2,1-2H3,(H,28,33)(H,31,32)/t18?,24-/m0/s1. The van der Waals surface area contributed by atoms with Crippen molar-refractivity contribution in [1.82, 2.24) is 10.2 Å². The molecule has 180 valence electrons. The van der Waals surface area contributed by atoms with Crippen LogP contribution >= 0.6 is 0 Å². The molecule has 0 saturated carbocycles. The number of likely N-dealkylation sites (tertiary alicyclic amines) is 1. The average molecular weight is 465 g/mol. The van der Waals surface area contributed by atoms with E-state index in [-0.39, 0.29) is 30.9 Å². The molecule has 1 saturated heterocycles. The number of ether oxygens (including phenoxy) is 1. The highest BCUT2D eigenvalue weighted by Gasteiger charge is 2.34. The zero-order valence-electron chi connectivity index (χ0n) is 19.7. The van der Waals surface area contributed by atoms with Gasteiger partial charge in [0.05, 0.1) is 5.92 Å². The molecule has 2 amide bonds. The lowest BCUT2D eigenvalue weighted by Gasteiger charge is -2.34. The molecule has 1 unspecified atom stereocenters. The molecule has 1 aliphatic carbocycles. The van der Waals surface area contributed by atoms with Crippen molar-refractivity contribution in [2.45, 2.75) is 45.1 Å². The number of nitrogens with zero attached hydrogens (tertiary/aromatic N) is 1. The highest BCUT2D eigenvalue weighted by Crippen LogP contribution is 2.44. The van der Waals surface area contributed by atoms with Crippen LogP contribution in [0.15, 0.2) is 48.5 Å². The molecule has 1 aliphatic heterocycles. The fraction of sp³-hybridized carbons (Fsp3) is 0.444. The molecule has 2 aromatic carbocycles. The van der Waals surface area contributed by atoms with Gasteiger partial charge in [-0.2, -0.15) is 0 Å². The van der Waals surface area contributed by atoms with E-state index in [4.69, 9.17) is 4.74 Å². The van der Waals surface area contributed by atoms with Crippen LogP contribution in [0.2, 0.25) is 0 Å². The first-order valence-corrected chi connectivity index (χ1v) is 12.0. The predicted molar refractivity (Wildman–Crippen MR) is 128 cm³/mol. The number of hydrogen-bond acceptors (Lipinski definition) is 4. The van der Waals surface area contributed by atoms with E-state index >= 15 is 0 Å². The first-order chi connectivity index (χ1) is 16.3. The van der Waals surface area contributed by atoms with Gasteiger partial charge in [0.25, 0.3) is 0 Å². The summed E-state index contributed by atoms with van der Waals surface area (Å²) in [6, 6.07) is 15.5. The molecule has 1 fully saturated rings. The van der Waals surface area contributed by atoms with E-state index in [1.807, 2.05) is 38.1 Å². The maximum Gasteiger partial charge on any atom is 0.407 e. The van der Waals surface area contributed by atoms with Crippen molar-refractivity contribution in [2.24, 2.45) is 11.8 Å². The number of carbonyl (C=O) groups is 3. The summed E-state index contributed by atoms with van der Waals surface area (Å²) in [5.74, 6) is -1.58. The maximum atomic E-state index is 13.2. The van der Waals surface area contributed by atoms with E-state index in [1.165, 1.54) is 0 Å². The van der Waals surface area contributed by atoms with Gasteiger partial charge >= 0.3 is 12.1 Å². The highest BCUT2D eigenvalue weighted by atomic mass is 16.5. The van der Waals surface area contributed by atoms with E-state index in [9.17, 15) is 19.5 Å². The minimum absolute atomic E-state index is 0.0594. The number of carboxylic acid groups (broad SMARTS) is 1. The summed E-state index contributed by atoms with van der Waals surface area (Å²) >= 11 is 0. The minimum atomic E-state index is -0.887. The third-order valence-corrected chi connectivity index (χ3v) is 6.72. The van der Waals surface area contributed by atoms with Crippen LogP contribution in [0.1, 0.15) is 50.2 Å². The third kappa shape index (κ3) is 5.08. The van der Waals surface area contributed by atoms with Gasteiger partial charge in [-0.25, -0.2) is 4.79 Å². The van der Waals surface area contributed by atoms with Gasteiger partial charge in [-0.15, -0.1) is 0 Å². The zero-order chi connectivity index (χ0) is 24.2. The number of benzene rings is 2. The fourth-order valence-electron chi connectivity index (χ4n) is 5.07. The summed E-state index contributed by atoms with van der Waals surface area (Å²) < 4.78 is 5.63. The van der Waals surface area contributed by atoms with Crippen LogP contribution in [0, 0.1) is 11.8 Å². The van der Waals surface area contributed by atoms with E-state index in [2.05, 4.69) is 29.6 Å². The Labute approximate surface area is 200 Å². The Morgan fingerprint density at radius 3 is 2.26 bits per heavy atom. The van der Waals surface area contributed by atoms with Crippen LogP contribution in [0.25, 0.3) is 11.1 Å². The Kier molecular flexibility index (Phi) is 7.20. The second kappa shape index (κ2) is 10.3. The molecule has 7 heteroatoms. The molecule has 0 radical (unpaired) electrons. The number of nitrogens with one attached hydrogen (secondary N) is 1. The SMILES string of the molecule is CC(C)C[C@H](NC(=O)OCC1c2ccccc2-c2ccccc21)C(=O)N1CCCC(C(=O)O)C1. The molecule has 7 nitrogen and oxygen atoms in total. The van der Waals surface area contributed by atoms with Crippen LogP contribution in [0.3, 0.4) is 0 Å². The number of hydrogen-bond donors (Lipinski definition) is 2. The number of carbonyl (C=O) groups excluding carboxylic acids is 2. The molecule has 0 aromatic heterocycles. The Balaban J connectivity index is 1.42. The Morgan fingerprint density at radius 2 is 1.68 bits per heavy atom. The largest absolute Gasteiger partial charge is 0.481 e. The molecular weight excluding hydrogens is 432 g/mol. The van der Waals surface area contributed by atoms with Gasteiger partial charge in [0.1, 0.15) is 12.6 Å².